The third-order valence-electron chi connectivity index (χ3n) is 5.71. The maximum atomic E-state index is 13.4. The average Bonchev–Trinajstić information content (AvgIpc) is 3.28. The normalized spacial score (nSPS) is 19.6. The molecule has 0 aliphatic carbocycles. The number of anilines is 1. The predicted molar refractivity (Wildman–Crippen MR) is 120 cm³/mol. The number of benzene rings is 2. The van der Waals surface area contributed by atoms with Gasteiger partial charge >= 0.3 is 0 Å². The van der Waals surface area contributed by atoms with Crippen LogP contribution in [0.25, 0.3) is 0 Å². The number of amides is 2. The molecule has 2 amide bonds. The van der Waals surface area contributed by atoms with Gasteiger partial charge in [0.1, 0.15) is 16.7 Å². The van der Waals surface area contributed by atoms with Gasteiger partial charge in [-0.2, -0.15) is 4.31 Å². The predicted octanol–water partition coefficient (Wildman–Crippen LogP) is 2.74. The minimum absolute atomic E-state index is 0.0432. The summed E-state index contributed by atoms with van der Waals surface area (Å²) >= 11 is 6.26. The molecule has 2 aromatic carbocycles. The lowest BCUT2D eigenvalue weighted by molar-refractivity contribution is -0.124. The molecule has 2 aromatic rings. The molecule has 2 heterocycles. The van der Waals surface area contributed by atoms with Gasteiger partial charge in [-0.05, 0) is 30.4 Å². The first kappa shape index (κ1) is 22.6. The van der Waals surface area contributed by atoms with Gasteiger partial charge in [0.15, 0.2) is 6.61 Å². The van der Waals surface area contributed by atoms with Crippen molar-refractivity contribution in [3.05, 3.63) is 53.1 Å². The highest BCUT2D eigenvalue weighted by atomic mass is 35.5. The molecule has 0 radical (unpaired) electrons. The summed E-state index contributed by atoms with van der Waals surface area (Å²) in [5, 5.41) is 5.45. The van der Waals surface area contributed by atoms with Gasteiger partial charge in [-0.1, -0.05) is 48.9 Å². The Morgan fingerprint density at radius 1 is 1.31 bits per heavy atom. The van der Waals surface area contributed by atoms with Crippen molar-refractivity contribution in [2.45, 2.75) is 36.6 Å². The topological polar surface area (TPSA) is 105 Å². The number of carbonyl (C=O) groups is 2. The maximum absolute atomic E-state index is 13.4. The smallest absolute Gasteiger partial charge is 0.262 e. The number of nitrogens with zero attached hydrogens (tertiary/aromatic N) is 1. The van der Waals surface area contributed by atoms with Crippen molar-refractivity contribution in [2.24, 2.45) is 0 Å². The fourth-order valence-corrected chi connectivity index (χ4v) is 6.14. The SMILES string of the molecule is C[C@H](CNC(=O)[C@@H]1CCCN1S(=O)(=O)c1cc2c(cc1Cl)NC(=O)CO2)c1ccccc1. The summed E-state index contributed by atoms with van der Waals surface area (Å²) in [6, 6.07) is 11.6. The zero-order valence-corrected chi connectivity index (χ0v) is 19.1. The van der Waals surface area contributed by atoms with Gasteiger partial charge in [0.2, 0.25) is 15.9 Å². The highest BCUT2D eigenvalue weighted by molar-refractivity contribution is 7.89. The quantitative estimate of drug-likeness (QED) is 0.665. The zero-order valence-electron chi connectivity index (χ0n) is 17.5. The van der Waals surface area contributed by atoms with E-state index in [1.54, 1.807) is 0 Å². The molecule has 1 fully saturated rings. The summed E-state index contributed by atoms with van der Waals surface area (Å²) in [5.41, 5.74) is 1.41. The van der Waals surface area contributed by atoms with Gasteiger partial charge in [-0.15, -0.1) is 0 Å². The van der Waals surface area contributed by atoms with Crippen LogP contribution in [0.5, 0.6) is 5.75 Å². The summed E-state index contributed by atoms with van der Waals surface area (Å²) in [7, 11) is -4.05. The van der Waals surface area contributed by atoms with E-state index in [9.17, 15) is 18.0 Å². The second kappa shape index (κ2) is 9.09. The Balaban J connectivity index is 1.51. The van der Waals surface area contributed by atoms with Crippen LogP contribution in [0.4, 0.5) is 5.69 Å². The van der Waals surface area contributed by atoms with Crippen LogP contribution in [0, 0.1) is 0 Å². The molecule has 2 aliphatic rings. The second-order valence-electron chi connectivity index (χ2n) is 7.95. The molecule has 170 valence electrons. The van der Waals surface area contributed by atoms with Crippen LogP contribution in [-0.2, 0) is 19.6 Å². The first-order chi connectivity index (χ1) is 15.3. The molecular formula is C22H24ClN3O5S. The number of sulfonamides is 1. The summed E-state index contributed by atoms with van der Waals surface area (Å²) in [6.45, 7) is 2.42. The first-order valence-electron chi connectivity index (χ1n) is 10.4. The average molecular weight is 478 g/mol. The molecule has 8 nitrogen and oxygen atoms in total. The Kier molecular flexibility index (Phi) is 6.41. The zero-order chi connectivity index (χ0) is 22.9. The Labute approximate surface area is 191 Å². The Hall–Kier alpha value is -2.62. The van der Waals surface area contributed by atoms with E-state index < -0.39 is 16.1 Å². The van der Waals surface area contributed by atoms with Crippen molar-refractivity contribution >= 4 is 39.1 Å². The van der Waals surface area contributed by atoms with Gasteiger partial charge in [0.05, 0.1) is 10.7 Å². The van der Waals surface area contributed by atoms with Gasteiger partial charge in [-0.25, -0.2) is 8.42 Å². The number of rotatable bonds is 6. The fourth-order valence-electron chi connectivity index (χ4n) is 3.97. The van der Waals surface area contributed by atoms with E-state index in [0.717, 1.165) is 5.56 Å². The van der Waals surface area contributed by atoms with Gasteiger partial charge < -0.3 is 15.4 Å². The molecular weight excluding hydrogens is 454 g/mol. The van der Waals surface area contributed by atoms with Crippen molar-refractivity contribution in [3.63, 3.8) is 0 Å². The number of fused-ring (bicyclic) bond motifs is 1. The molecule has 0 spiro atoms. The Morgan fingerprint density at radius 2 is 2.06 bits per heavy atom. The third kappa shape index (κ3) is 4.46. The van der Waals surface area contributed by atoms with Crippen LogP contribution in [-0.4, -0.2) is 50.3 Å². The van der Waals surface area contributed by atoms with Gasteiger partial charge in [-0.3, -0.25) is 9.59 Å². The minimum atomic E-state index is -4.05. The Bertz CT molecular complexity index is 1140. The van der Waals surface area contributed by atoms with E-state index in [2.05, 4.69) is 10.6 Å². The second-order valence-corrected chi connectivity index (χ2v) is 10.2. The van der Waals surface area contributed by atoms with Crippen LogP contribution in [0.3, 0.4) is 0 Å². The summed E-state index contributed by atoms with van der Waals surface area (Å²) in [5.74, 6) is -0.352. The van der Waals surface area contributed by atoms with E-state index in [-0.39, 0.29) is 46.6 Å². The molecule has 2 aliphatic heterocycles. The highest BCUT2D eigenvalue weighted by Gasteiger charge is 2.41. The largest absolute Gasteiger partial charge is 0.482 e. The minimum Gasteiger partial charge on any atom is -0.482 e. The fraction of sp³-hybridized carbons (Fsp3) is 0.364. The number of nitrogens with one attached hydrogen (secondary N) is 2. The molecule has 4 rings (SSSR count). The van der Waals surface area contributed by atoms with Crippen molar-refractivity contribution in [3.8, 4) is 5.75 Å². The summed E-state index contributed by atoms with van der Waals surface area (Å²) < 4.78 is 33.3. The van der Waals surface area contributed by atoms with Crippen molar-refractivity contribution in [2.75, 3.05) is 25.0 Å². The highest BCUT2D eigenvalue weighted by Crippen LogP contribution is 2.38. The summed E-state index contributed by atoms with van der Waals surface area (Å²) in [6.07, 6.45) is 1.00. The van der Waals surface area contributed by atoms with E-state index in [1.807, 2.05) is 37.3 Å². The van der Waals surface area contributed by atoms with Crippen molar-refractivity contribution < 1.29 is 22.7 Å². The van der Waals surface area contributed by atoms with Crippen LogP contribution in [0.15, 0.2) is 47.4 Å². The van der Waals surface area contributed by atoms with Gasteiger partial charge in [0, 0.05) is 19.2 Å². The van der Waals surface area contributed by atoms with E-state index in [0.29, 0.717) is 25.1 Å². The number of carbonyl (C=O) groups excluding carboxylic acids is 2. The van der Waals surface area contributed by atoms with E-state index in [1.165, 1.54) is 16.4 Å². The molecule has 1 saturated heterocycles. The molecule has 10 heteroatoms. The van der Waals surface area contributed by atoms with Crippen LogP contribution < -0.4 is 15.4 Å². The standard InChI is InChI=1S/C22H24ClN3O5S/c1-14(15-6-3-2-4-7-15)12-24-22(28)18-8-5-9-26(18)32(29,30)20-11-19-17(10-16(20)23)25-21(27)13-31-19/h2-4,6-7,10-11,14,18H,5,8-9,12-13H2,1H3,(H,24,28)(H,25,27)/t14-,18+/m1/s1. The third-order valence-corrected chi connectivity index (χ3v) is 8.08. The van der Waals surface area contributed by atoms with E-state index in [4.69, 9.17) is 16.3 Å². The Morgan fingerprint density at radius 3 is 2.81 bits per heavy atom. The number of halogens is 1. The lowest BCUT2D eigenvalue weighted by Crippen LogP contribution is -2.46. The van der Waals surface area contributed by atoms with E-state index >= 15 is 0 Å². The summed E-state index contributed by atoms with van der Waals surface area (Å²) in [4.78, 5) is 24.2. The van der Waals surface area contributed by atoms with Crippen LogP contribution in [0.2, 0.25) is 5.02 Å². The lowest BCUT2D eigenvalue weighted by Gasteiger charge is -2.26. The maximum Gasteiger partial charge on any atom is 0.262 e. The van der Waals surface area contributed by atoms with Crippen LogP contribution >= 0.6 is 11.6 Å². The molecule has 0 unspecified atom stereocenters. The first-order valence-corrected chi connectivity index (χ1v) is 12.2. The molecule has 0 saturated carbocycles. The monoisotopic (exact) mass is 477 g/mol. The molecule has 32 heavy (non-hydrogen) atoms. The van der Waals surface area contributed by atoms with Crippen molar-refractivity contribution in [1.82, 2.24) is 9.62 Å². The number of ether oxygens (including phenoxy) is 1. The molecule has 2 atom stereocenters. The van der Waals surface area contributed by atoms with Crippen LogP contribution in [0.1, 0.15) is 31.2 Å². The number of hydrogen-bond acceptors (Lipinski definition) is 5. The molecule has 2 N–H and O–H groups in total. The van der Waals surface area contributed by atoms with Crippen molar-refractivity contribution in [1.29, 1.82) is 0 Å². The van der Waals surface area contributed by atoms with Gasteiger partial charge in [0.25, 0.3) is 5.91 Å². The lowest BCUT2D eigenvalue weighted by atomic mass is 10.0. The molecule has 0 bridgehead atoms. The number of hydrogen-bond donors (Lipinski definition) is 2. The molecule has 0 aromatic heterocycles.